The van der Waals surface area contributed by atoms with Crippen LogP contribution >= 0.6 is 0 Å². The van der Waals surface area contributed by atoms with Gasteiger partial charge in [-0.1, -0.05) is 0 Å². The van der Waals surface area contributed by atoms with E-state index in [1.165, 1.54) is 12.8 Å². The topological polar surface area (TPSA) is 24.5 Å². The van der Waals surface area contributed by atoms with Gasteiger partial charge in [0.2, 0.25) is 0 Å². The van der Waals surface area contributed by atoms with Crippen LogP contribution in [0, 0.1) is 0 Å². The summed E-state index contributed by atoms with van der Waals surface area (Å²) >= 11 is 0. The van der Waals surface area contributed by atoms with Crippen LogP contribution in [0.25, 0.3) is 0 Å². The molecule has 0 aromatic heterocycles. The second-order valence-electron chi connectivity index (χ2n) is 4.51. The lowest BCUT2D eigenvalue weighted by atomic mass is 10.2. The van der Waals surface area contributed by atoms with E-state index in [0.717, 1.165) is 19.2 Å². The Labute approximate surface area is 87.8 Å². The number of ether oxygens (including phenoxy) is 1. The second kappa shape index (κ2) is 5.69. The molecule has 3 nitrogen and oxygen atoms in total. The Kier molecular flexibility index (Phi) is 4.85. The minimum absolute atomic E-state index is 0.454. The average Bonchev–Trinajstić information content (AvgIpc) is 2.96. The Morgan fingerprint density at radius 3 is 2.57 bits per heavy atom. The highest BCUT2D eigenvalue weighted by atomic mass is 16.5. The first kappa shape index (κ1) is 12.0. The Morgan fingerprint density at radius 1 is 1.43 bits per heavy atom. The molecule has 2 atom stereocenters. The lowest BCUT2D eigenvalue weighted by Gasteiger charge is -2.26. The first-order valence-electron chi connectivity index (χ1n) is 5.59. The molecule has 0 aromatic carbocycles. The highest BCUT2D eigenvalue weighted by Gasteiger charge is 2.28. The molecule has 0 aromatic rings. The summed E-state index contributed by atoms with van der Waals surface area (Å²) in [6.07, 6.45) is 2.77. The quantitative estimate of drug-likeness (QED) is 0.666. The predicted molar refractivity (Wildman–Crippen MR) is 59.6 cm³/mol. The number of likely N-dealkylation sites (N-methyl/N-ethyl adjacent to an activating group) is 1. The molecule has 0 aliphatic heterocycles. The second-order valence-corrected chi connectivity index (χ2v) is 4.51. The molecule has 0 saturated heterocycles. The van der Waals surface area contributed by atoms with Crippen LogP contribution in [0.1, 0.15) is 26.7 Å². The van der Waals surface area contributed by atoms with Crippen molar-refractivity contribution in [3.8, 4) is 0 Å². The van der Waals surface area contributed by atoms with Crippen LogP contribution in [0.5, 0.6) is 0 Å². The number of hydrogen-bond acceptors (Lipinski definition) is 3. The number of nitrogens with one attached hydrogen (secondary N) is 1. The molecule has 0 amide bonds. The third-order valence-corrected chi connectivity index (χ3v) is 3.00. The maximum absolute atomic E-state index is 5.08. The summed E-state index contributed by atoms with van der Waals surface area (Å²) in [6.45, 7) is 6.29. The van der Waals surface area contributed by atoms with Gasteiger partial charge >= 0.3 is 0 Å². The third kappa shape index (κ3) is 3.95. The van der Waals surface area contributed by atoms with Crippen LogP contribution in [0.15, 0.2) is 0 Å². The van der Waals surface area contributed by atoms with E-state index in [1.54, 1.807) is 7.11 Å². The zero-order chi connectivity index (χ0) is 10.6. The fourth-order valence-corrected chi connectivity index (χ4v) is 1.67. The summed E-state index contributed by atoms with van der Waals surface area (Å²) in [6, 6.07) is 1.93. The Hall–Kier alpha value is -0.120. The van der Waals surface area contributed by atoms with Crippen LogP contribution in [0.3, 0.4) is 0 Å². The normalized spacial score (nSPS) is 21.2. The van der Waals surface area contributed by atoms with Gasteiger partial charge < -0.3 is 10.1 Å². The van der Waals surface area contributed by atoms with E-state index in [2.05, 4.69) is 31.1 Å². The van der Waals surface area contributed by atoms with Gasteiger partial charge in [0, 0.05) is 31.8 Å². The summed E-state index contributed by atoms with van der Waals surface area (Å²) in [5.41, 5.74) is 0. The van der Waals surface area contributed by atoms with Crippen LogP contribution < -0.4 is 5.32 Å². The van der Waals surface area contributed by atoms with Crippen molar-refractivity contribution >= 4 is 0 Å². The number of hydrogen-bond donors (Lipinski definition) is 1. The van der Waals surface area contributed by atoms with Crippen molar-refractivity contribution in [2.45, 2.75) is 44.8 Å². The van der Waals surface area contributed by atoms with Gasteiger partial charge in [0.15, 0.2) is 0 Å². The minimum Gasteiger partial charge on any atom is -0.383 e. The molecule has 1 saturated carbocycles. The molecule has 1 aliphatic carbocycles. The molecule has 3 heteroatoms. The van der Waals surface area contributed by atoms with Crippen molar-refractivity contribution in [3.05, 3.63) is 0 Å². The molecule has 1 fully saturated rings. The monoisotopic (exact) mass is 200 g/mol. The van der Waals surface area contributed by atoms with Crippen molar-refractivity contribution in [1.82, 2.24) is 10.2 Å². The first-order chi connectivity index (χ1) is 6.65. The summed E-state index contributed by atoms with van der Waals surface area (Å²) in [5.74, 6) is 0. The first-order valence-corrected chi connectivity index (χ1v) is 5.59. The molecule has 14 heavy (non-hydrogen) atoms. The Bertz CT molecular complexity index is 159. The maximum Gasteiger partial charge on any atom is 0.0613 e. The minimum atomic E-state index is 0.454. The lowest BCUT2D eigenvalue weighted by Crippen LogP contribution is -2.43. The van der Waals surface area contributed by atoms with Gasteiger partial charge in [-0.3, -0.25) is 4.90 Å². The number of rotatable bonds is 7. The summed E-state index contributed by atoms with van der Waals surface area (Å²) in [7, 11) is 3.98. The molecule has 1 N–H and O–H groups in total. The van der Waals surface area contributed by atoms with Gasteiger partial charge in [0.05, 0.1) is 6.61 Å². The van der Waals surface area contributed by atoms with E-state index < -0.39 is 0 Å². The van der Waals surface area contributed by atoms with E-state index in [-0.39, 0.29) is 0 Å². The largest absolute Gasteiger partial charge is 0.383 e. The van der Waals surface area contributed by atoms with Gasteiger partial charge in [-0.25, -0.2) is 0 Å². The molecule has 1 rings (SSSR count). The van der Waals surface area contributed by atoms with Crippen molar-refractivity contribution < 1.29 is 4.74 Å². The summed E-state index contributed by atoms with van der Waals surface area (Å²) in [4.78, 5) is 2.48. The highest BCUT2D eigenvalue weighted by Crippen LogP contribution is 2.26. The smallest absolute Gasteiger partial charge is 0.0613 e. The molecular formula is C11H24N2O. The van der Waals surface area contributed by atoms with E-state index in [0.29, 0.717) is 12.1 Å². The fourth-order valence-electron chi connectivity index (χ4n) is 1.67. The van der Waals surface area contributed by atoms with Gasteiger partial charge in [-0.2, -0.15) is 0 Å². The van der Waals surface area contributed by atoms with Gasteiger partial charge in [0.1, 0.15) is 0 Å². The van der Waals surface area contributed by atoms with Crippen LogP contribution in [0.4, 0.5) is 0 Å². The van der Waals surface area contributed by atoms with Crippen LogP contribution in [-0.4, -0.2) is 50.3 Å². The van der Waals surface area contributed by atoms with Gasteiger partial charge in [-0.15, -0.1) is 0 Å². The van der Waals surface area contributed by atoms with Crippen LogP contribution in [-0.2, 0) is 4.74 Å². The van der Waals surface area contributed by atoms with E-state index >= 15 is 0 Å². The van der Waals surface area contributed by atoms with Crippen molar-refractivity contribution in [2.75, 3.05) is 27.3 Å². The van der Waals surface area contributed by atoms with Crippen molar-refractivity contribution in [2.24, 2.45) is 0 Å². The van der Waals surface area contributed by atoms with Crippen LogP contribution in [0.2, 0.25) is 0 Å². The molecule has 0 bridgehead atoms. The molecule has 1 aliphatic rings. The third-order valence-electron chi connectivity index (χ3n) is 3.00. The summed E-state index contributed by atoms with van der Waals surface area (Å²) < 4.78 is 5.08. The van der Waals surface area contributed by atoms with Gasteiger partial charge in [0.25, 0.3) is 0 Å². The number of methoxy groups -OCH3 is 1. The number of nitrogens with zero attached hydrogens (tertiary/aromatic N) is 1. The van der Waals surface area contributed by atoms with E-state index in [1.807, 2.05) is 0 Å². The Balaban J connectivity index is 2.09. The molecular weight excluding hydrogens is 176 g/mol. The van der Waals surface area contributed by atoms with E-state index in [9.17, 15) is 0 Å². The van der Waals surface area contributed by atoms with E-state index in [4.69, 9.17) is 4.74 Å². The fraction of sp³-hybridized carbons (Fsp3) is 1.00. The Morgan fingerprint density at radius 2 is 2.07 bits per heavy atom. The van der Waals surface area contributed by atoms with Crippen molar-refractivity contribution in [3.63, 3.8) is 0 Å². The SMILES string of the molecule is COCC(C)NCC(C)N(C)C1CC1. The molecule has 0 spiro atoms. The standard InChI is InChI=1S/C11H24N2O/c1-9(8-14-4)12-7-10(2)13(3)11-5-6-11/h9-12H,5-8H2,1-4H3. The lowest BCUT2D eigenvalue weighted by molar-refractivity contribution is 0.163. The molecule has 2 unspecified atom stereocenters. The maximum atomic E-state index is 5.08. The van der Waals surface area contributed by atoms with Crippen molar-refractivity contribution in [1.29, 1.82) is 0 Å². The van der Waals surface area contributed by atoms with Gasteiger partial charge in [-0.05, 0) is 33.7 Å². The summed E-state index contributed by atoms with van der Waals surface area (Å²) in [5, 5.41) is 3.48. The molecule has 0 radical (unpaired) electrons. The zero-order valence-corrected chi connectivity index (χ0v) is 9.92. The average molecular weight is 200 g/mol. The molecule has 84 valence electrons. The predicted octanol–water partition coefficient (Wildman–Crippen LogP) is 1.09. The highest BCUT2D eigenvalue weighted by molar-refractivity contribution is 4.86. The zero-order valence-electron chi connectivity index (χ0n) is 9.92. The molecule has 0 heterocycles.